The summed E-state index contributed by atoms with van der Waals surface area (Å²) in [6, 6.07) is 0. The summed E-state index contributed by atoms with van der Waals surface area (Å²) in [5, 5.41) is 9.11. The van der Waals surface area contributed by atoms with Gasteiger partial charge in [-0.2, -0.15) is 0 Å². The van der Waals surface area contributed by atoms with Crippen LogP contribution in [-0.4, -0.2) is 55.6 Å². The Labute approximate surface area is 105 Å². The lowest BCUT2D eigenvalue weighted by atomic mass is 9.83. The van der Waals surface area contributed by atoms with Gasteiger partial charge >= 0.3 is 0 Å². The van der Waals surface area contributed by atoms with Crippen LogP contribution in [0.5, 0.6) is 0 Å². The van der Waals surface area contributed by atoms with Gasteiger partial charge in [0, 0.05) is 12.8 Å². The Morgan fingerprint density at radius 3 is 2.59 bits per heavy atom. The highest BCUT2D eigenvalue weighted by Gasteiger charge is 2.33. The highest BCUT2D eigenvalue weighted by atomic mass is 16.3. The van der Waals surface area contributed by atoms with Gasteiger partial charge in [-0.05, 0) is 37.3 Å². The Balaban J connectivity index is 2.58. The summed E-state index contributed by atoms with van der Waals surface area (Å²) in [5.41, 5.74) is 1.29. The van der Waals surface area contributed by atoms with Crippen LogP contribution < -0.4 is 0 Å². The lowest BCUT2D eigenvalue weighted by molar-refractivity contribution is -0.870. The van der Waals surface area contributed by atoms with Gasteiger partial charge in [-0.1, -0.05) is 6.92 Å². The fourth-order valence-electron chi connectivity index (χ4n) is 2.51. The Kier molecular flexibility index (Phi) is 4.90. The van der Waals surface area contributed by atoms with Crippen LogP contribution in [0.4, 0.5) is 0 Å². The number of hydrogen-bond acceptors (Lipinski definition) is 2. The number of rotatable bonds is 7. The first-order valence-corrected chi connectivity index (χ1v) is 6.60. The number of aliphatic hydroxyl groups is 1. The molecule has 0 aromatic rings. The normalized spacial score (nSPS) is 24.2. The molecule has 0 fully saturated rings. The zero-order chi connectivity index (χ0) is 12.9. The van der Waals surface area contributed by atoms with E-state index in [9.17, 15) is 0 Å². The van der Waals surface area contributed by atoms with E-state index in [1.807, 2.05) is 6.21 Å². The van der Waals surface area contributed by atoms with Crippen molar-refractivity contribution in [2.75, 3.05) is 34.3 Å². The minimum atomic E-state index is -0.0160. The second-order valence-electron chi connectivity index (χ2n) is 5.95. The van der Waals surface area contributed by atoms with Crippen LogP contribution in [0.25, 0.3) is 0 Å². The maximum atomic E-state index is 9.11. The van der Waals surface area contributed by atoms with E-state index in [0.717, 1.165) is 23.7 Å². The molecule has 1 N–H and O–H groups in total. The van der Waals surface area contributed by atoms with E-state index >= 15 is 0 Å². The van der Waals surface area contributed by atoms with Crippen LogP contribution in [0, 0.1) is 0 Å². The molecule has 0 aromatic carbocycles. The molecule has 3 heteroatoms. The molecular formula is C14H27N2O+. The predicted molar refractivity (Wildman–Crippen MR) is 73.4 cm³/mol. The number of hydrogen-bond donors (Lipinski definition) is 1. The monoisotopic (exact) mass is 239 g/mol. The molecule has 0 amide bonds. The Hall–Kier alpha value is -0.670. The van der Waals surface area contributed by atoms with Crippen molar-refractivity contribution in [2.24, 2.45) is 4.99 Å². The summed E-state index contributed by atoms with van der Waals surface area (Å²) in [5.74, 6) is 0. The molecule has 1 aliphatic rings. The topological polar surface area (TPSA) is 32.6 Å². The zero-order valence-corrected chi connectivity index (χ0v) is 11.7. The molecule has 1 rings (SSSR count). The van der Waals surface area contributed by atoms with E-state index in [4.69, 9.17) is 5.11 Å². The summed E-state index contributed by atoms with van der Waals surface area (Å²) < 4.78 is 1.00. The van der Waals surface area contributed by atoms with Crippen molar-refractivity contribution in [1.29, 1.82) is 0 Å². The van der Waals surface area contributed by atoms with Crippen LogP contribution in [-0.2, 0) is 0 Å². The number of aliphatic imine (C=N–C) groups is 1. The average Bonchev–Trinajstić information content (AvgIpc) is 2.61. The van der Waals surface area contributed by atoms with E-state index in [0.29, 0.717) is 0 Å². The van der Waals surface area contributed by atoms with E-state index in [1.165, 1.54) is 18.5 Å². The summed E-state index contributed by atoms with van der Waals surface area (Å²) in [6.07, 6.45) is 8.08. The third-order valence-electron chi connectivity index (χ3n) is 3.58. The molecule has 0 bridgehead atoms. The van der Waals surface area contributed by atoms with Gasteiger partial charge < -0.3 is 9.59 Å². The van der Waals surface area contributed by atoms with Crippen LogP contribution >= 0.6 is 0 Å². The van der Waals surface area contributed by atoms with E-state index < -0.39 is 0 Å². The highest BCUT2D eigenvalue weighted by molar-refractivity contribution is 5.77. The van der Waals surface area contributed by atoms with Crippen molar-refractivity contribution in [3.63, 3.8) is 0 Å². The minimum absolute atomic E-state index is 0.0160. The lowest BCUT2D eigenvalue weighted by Gasteiger charge is -2.31. The summed E-state index contributed by atoms with van der Waals surface area (Å²) >= 11 is 0. The third kappa shape index (κ3) is 3.93. The molecular weight excluding hydrogens is 212 g/mol. The zero-order valence-electron chi connectivity index (χ0n) is 11.7. The predicted octanol–water partition coefficient (Wildman–Crippen LogP) is 2.01. The Morgan fingerprint density at radius 2 is 2.06 bits per heavy atom. The second kappa shape index (κ2) is 5.78. The first-order chi connectivity index (χ1) is 7.93. The fraction of sp³-hybridized carbons (Fsp3) is 0.786. The second-order valence-corrected chi connectivity index (χ2v) is 5.95. The van der Waals surface area contributed by atoms with Crippen molar-refractivity contribution in [1.82, 2.24) is 0 Å². The molecule has 0 spiro atoms. The van der Waals surface area contributed by atoms with Crippen molar-refractivity contribution >= 4 is 6.21 Å². The molecule has 0 aromatic heterocycles. The van der Waals surface area contributed by atoms with E-state index in [1.54, 1.807) is 0 Å². The molecule has 1 aliphatic heterocycles. The molecule has 1 heterocycles. The molecule has 0 saturated carbocycles. The van der Waals surface area contributed by atoms with Crippen LogP contribution in [0.15, 0.2) is 16.6 Å². The van der Waals surface area contributed by atoms with Gasteiger partial charge in [0.1, 0.15) is 0 Å². The molecule has 17 heavy (non-hydrogen) atoms. The van der Waals surface area contributed by atoms with Gasteiger partial charge in [-0.15, -0.1) is 0 Å². The number of allylic oxidation sites excluding steroid dienone is 1. The molecule has 1 atom stereocenters. The van der Waals surface area contributed by atoms with Crippen molar-refractivity contribution in [3.8, 4) is 0 Å². The van der Waals surface area contributed by atoms with E-state index in [2.05, 4.69) is 39.1 Å². The van der Waals surface area contributed by atoms with Crippen LogP contribution in [0.2, 0.25) is 0 Å². The summed E-state index contributed by atoms with van der Waals surface area (Å²) in [4.78, 5) is 4.67. The van der Waals surface area contributed by atoms with Crippen LogP contribution in [0.3, 0.4) is 0 Å². The smallest absolute Gasteiger partial charge is 0.0820 e. The molecule has 0 saturated heterocycles. The average molecular weight is 239 g/mol. The maximum Gasteiger partial charge on any atom is 0.0820 e. The lowest BCUT2D eigenvalue weighted by Crippen LogP contribution is -2.37. The summed E-state index contributed by atoms with van der Waals surface area (Å²) in [6.45, 7) is 3.59. The molecule has 0 radical (unpaired) electrons. The Morgan fingerprint density at radius 1 is 1.35 bits per heavy atom. The minimum Gasteiger partial charge on any atom is -0.396 e. The largest absolute Gasteiger partial charge is 0.396 e. The fourth-order valence-corrected chi connectivity index (χ4v) is 2.51. The van der Waals surface area contributed by atoms with Crippen LogP contribution in [0.1, 0.15) is 32.6 Å². The molecule has 3 nitrogen and oxygen atoms in total. The van der Waals surface area contributed by atoms with Gasteiger partial charge in [-0.3, -0.25) is 4.99 Å². The standard InChI is InChI=1S/C14H27N2O/c1-5-14(9-6-11-16(2,3)4)13(8-12-17)7-10-15-14/h7,10,17H,5-6,8-9,11-12H2,1-4H3/q+1. The molecule has 0 aliphatic carbocycles. The van der Waals surface area contributed by atoms with Gasteiger partial charge in [0.15, 0.2) is 0 Å². The van der Waals surface area contributed by atoms with Crippen molar-refractivity contribution in [2.45, 2.75) is 38.1 Å². The van der Waals surface area contributed by atoms with Gasteiger partial charge in [0.25, 0.3) is 0 Å². The maximum absolute atomic E-state index is 9.11. The van der Waals surface area contributed by atoms with E-state index in [-0.39, 0.29) is 12.1 Å². The van der Waals surface area contributed by atoms with Gasteiger partial charge in [-0.25, -0.2) is 0 Å². The molecule has 1 unspecified atom stereocenters. The van der Waals surface area contributed by atoms with Crippen molar-refractivity contribution < 1.29 is 9.59 Å². The van der Waals surface area contributed by atoms with Crippen molar-refractivity contribution in [3.05, 3.63) is 11.6 Å². The summed E-state index contributed by atoms with van der Waals surface area (Å²) in [7, 11) is 6.67. The highest BCUT2D eigenvalue weighted by Crippen LogP contribution is 2.35. The van der Waals surface area contributed by atoms with Gasteiger partial charge in [0.2, 0.25) is 0 Å². The quantitative estimate of drug-likeness (QED) is 0.677. The third-order valence-corrected chi connectivity index (χ3v) is 3.58. The number of quaternary nitrogens is 1. The SMILES string of the molecule is CCC1(CCC[N+](C)(C)C)N=CC=C1CCO. The Bertz CT molecular complexity index is 302. The molecule has 98 valence electrons. The number of nitrogens with zero attached hydrogens (tertiary/aromatic N) is 2. The first-order valence-electron chi connectivity index (χ1n) is 6.60. The number of aliphatic hydroxyl groups excluding tert-OH is 1. The van der Waals surface area contributed by atoms with Gasteiger partial charge in [0.05, 0.1) is 33.2 Å². The first kappa shape index (κ1) is 14.4.